The maximum Gasteiger partial charge on any atom is 0.225 e. The summed E-state index contributed by atoms with van der Waals surface area (Å²) in [6.07, 6.45) is 1.11. The van der Waals surface area contributed by atoms with Gasteiger partial charge in [-0.3, -0.25) is 9.89 Å². The first-order chi connectivity index (χ1) is 9.06. The monoisotopic (exact) mass is 258 g/mol. The molecule has 1 amide bonds. The van der Waals surface area contributed by atoms with Crippen LogP contribution in [-0.4, -0.2) is 21.1 Å². The van der Waals surface area contributed by atoms with Crippen molar-refractivity contribution in [2.24, 2.45) is 0 Å². The molecule has 0 atom stereocenters. The standard InChI is InChI=1S/C14H18N4O/c1-9-5-4-6-13(15-9)16-14(19)8-7-12-10(2)17-18-11(12)3/h4-6H,7-8H2,1-3H3,(H,17,18)(H,15,16,19). The SMILES string of the molecule is Cc1cccc(NC(=O)CCc2c(C)n[nH]c2C)n1. The van der Waals surface area contributed by atoms with Crippen molar-refractivity contribution in [3.05, 3.63) is 40.8 Å². The Kier molecular flexibility index (Phi) is 3.94. The van der Waals surface area contributed by atoms with Crippen LogP contribution in [0.4, 0.5) is 5.82 Å². The fraction of sp³-hybridized carbons (Fsp3) is 0.357. The predicted octanol–water partition coefficient (Wildman–Crippen LogP) is 2.30. The van der Waals surface area contributed by atoms with Crippen molar-refractivity contribution < 1.29 is 4.79 Å². The fourth-order valence-corrected chi connectivity index (χ4v) is 2.00. The third-order valence-corrected chi connectivity index (χ3v) is 3.04. The van der Waals surface area contributed by atoms with Crippen LogP contribution >= 0.6 is 0 Å². The van der Waals surface area contributed by atoms with Crippen LogP contribution in [0.1, 0.15) is 29.1 Å². The van der Waals surface area contributed by atoms with Gasteiger partial charge in [0.2, 0.25) is 5.91 Å². The number of aryl methyl sites for hydroxylation is 3. The summed E-state index contributed by atoms with van der Waals surface area (Å²) in [5, 5.41) is 9.85. The van der Waals surface area contributed by atoms with Crippen molar-refractivity contribution in [3.8, 4) is 0 Å². The van der Waals surface area contributed by atoms with Gasteiger partial charge in [-0.25, -0.2) is 4.98 Å². The molecule has 2 aromatic heterocycles. The lowest BCUT2D eigenvalue weighted by Crippen LogP contribution is -2.13. The van der Waals surface area contributed by atoms with Crippen molar-refractivity contribution in [1.29, 1.82) is 0 Å². The molecule has 0 fully saturated rings. The summed E-state index contributed by atoms with van der Waals surface area (Å²) in [6, 6.07) is 5.56. The molecular formula is C14H18N4O. The van der Waals surface area contributed by atoms with Crippen molar-refractivity contribution >= 4 is 11.7 Å². The lowest BCUT2D eigenvalue weighted by atomic mass is 10.1. The van der Waals surface area contributed by atoms with Crippen LogP contribution in [0.3, 0.4) is 0 Å². The maximum atomic E-state index is 11.9. The van der Waals surface area contributed by atoms with Crippen molar-refractivity contribution in [2.75, 3.05) is 5.32 Å². The molecule has 2 rings (SSSR count). The minimum Gasteiger partial charge on any atom is -0.311 e. The second-order valence-electron chi connectivity index (χ2n) is 4.62. The first kappa shape index (κ1) is 13.3. The highest BCUT2D eigenvalue weighted by Gasteiger charge is 2.09. The number of carbonyl (C=O) groups excluding carboxylic acids is 1. The van der Waals surface area contributed by atoms with Crippen LogP contribution in [0, 0.1) is 20.8 Å². The Bertz CT molecular complexity index is 569. The molecule has 5 heteroatoms. The quantitative estimate of drug-likeness (QED) is 0.884. The molecule has 0 bridgehead atoms. The Morgan fingerprint density at radius 1 is 1.32 bits per heavy atom. The van der Waals surface area contributed by atoms with Gasteiger partial charge in [0.05, 0.1) is 5.69 Å². The van der Waals surface area contributed by atoms with E-state index < -0.39 is 0 Å². The third kappa shape index (κ3) is 3.40. The van der Waals surface area contributed by atoms with E-state index in [0.29, 0.717) is 18.7 Å². The Labute approximate surface area is 112 Å². The molecule has 2 aromatic rings. The zero-order valence-corrected chi connectivity index (χ0v) is 11.4. The predicted molar refractivity (Wildman–Crippen MR) is 74.0 cm³/mol. The van der Waals surface area contributed by atoms with Gasteiger partial charge in [0.25, 0.3) is 0 Å². The van der Waals surface area contributed by atoms with Gasteiger partial charge in [0.15, 0.2) is 0 Å². The Morgan fingerprint density at radius 2 is 2.11 bits per heavy atom. The molecular weight excluding hydrogens is 240 g/mol. The van der Waals surface area contributed by atoms with Crippen molar-refractivity contribution in [1.82, 2.24) is 15.2 Å². The zero-order valence-electron chi connectivity index (χ0n) is 11.4. The van der Waals surface area contributed by atoms with Gasteiger partial charge in [-0.1, -0.05) is 6.07 Å². The van der Waals surface area contributed by atoms with E-state index in [-0.39, 0.29) is 5.91 Å². The van der Waals surface area contributed by atoms with Gasteiger partial charge in [-0.05, 0) is 44.9 Å². The van der Waals surface area contributed by atoms with Crippen molar-refractivity contribution in [3.63, 3.8) is 0 Å². The number of anilines is 1. The molecule has 19 heavy (non-hydrogen) atoms. The molecule has 0 aliphatic carbocycles. The van der Waals surface area contributed by atoms with Gasteiger partial charge in [0, 0.05) is 17.8 Å². The van der Waals surface area contributed by atoms with Crippen LogP contribution in [0.2, 0.25) is 0 Å². The van der Waals surface area contributed by atoms with Crippen LogP contribution in [-0.2, 0) is 11.2 Å². The summed E-state index contributed by atoms with van der Waals surface area (Å²) in [4.78, 5) is 16.1. The number of hydrogen-bond acceptors (Lipinski definition) is 3. The van der Waals surface area contributed by atoms with Crippen LogP contribution in [0.5, 0.6) is 0 Å². The number of pyridine rings is 1. The second-order valence-corrected chi connectivity index (χ2v) is 4.62. The van der Waals surface area contributed by atoms with Gasteiger partial charge in [-0.15, -0.1) is 0 Å². The fourth-order valence-electron chi connectivity index (χ4n) is 2.00. The molecule has 0 saturated carbocycles. The summed E-state index contributed by atoms with van der Waals surface area (Å²) >= 11 is 0. The van der Waals surface area contributed by atoms with E-state index in [2.05, 4.69) is 20.5 Å². The highest BCUT2D eigenvalue weighted by molar-refractivity contribution is 5.89. The first-order valence-corrected chi connectivity index (χ1v) is 6.30. The summed E-state index contributed by atoms with van der Waals surface area (Å²) in [6.45, 7) is 5.81. The third-order valence-electron chi connectivity index (χ3n) is 3.04. The minimum atomic E-state index is -0.0295. The average Bonchev–Trinajstić information content (AvgIpc) is 2.67. The van der Waals surface area contributed by atoms with E-state index in [1.54, 1.807) is 6.07 Å². The number of hydrogen-bond donors (Lipinski definition) is 2. The molecule has 2 N–H and O–H groups in total. The summed E-state index contributed by atoms with van der Waals surface area (Å²) < 4.78 is 0. The number of rotatable bonds is 4. The Morgan fingerprint density at radius 3 is 2.74 bits per heavy atom. The Hall–Kier alpha value is -2.17. The molecule has 5 nitrogen and oxygen atoms in total. The maximum absolute atomic E-state index is 11.9. The molecule has 0 aliphatic rings. The smallest absolute Gasteiger partial charge is 0.225 e. The van der Waals surface area contributed by atoms with E-state index in [4.69, 9.17) is 0 Å². The zero-order chi connectivity index (χ0) is 13.8. The molecule has 0 radical (unpaired) electrons. The number of amides is 1. The molecule has 0 aliphatic heterocycles. The summed E-state index contributed by atoms with van der Waals surface area (Å²) in [5.74, 6) is 0.573. The minimum absolute atomic E-state index is 0.0295. The normalized spacial score (nSPS) is 10.5. The molecule has 0 unspecified atom stereocenters. The lowest BCUT2D eigenvalue weighted by Gasteiger charge is -2.05. The lowest BCUT2D eigenvalue weighted by molar-refractivity contribution is -0.116. The molecule has 0 spiro atoms. The van der Waals surface area contributed by atoms with Gasteiger partial charge in [0.1, 0.15) is 5.82 Å². The number of nitrogens with zero attached hydrogens (tertiary/aromatic N) is 2. The van der Waals surface area contributed by atoms with E-state index >= 15 is 0 Å². The number of aromatic nitrogens is 3. The van der Waals surface area contributed by atoms with E-state index in [1.165, 1.54) is 0 Å². The van der Waals surface area contributed by atoms with Gasteiger partial charge in [-0.2, -0.15) is 5.10 Å². The molecule has 0 aromatic carbocycles. The highest BCUT2D eigenvalue weighted by atomic mass is 16.1. The van der Waals surface area contributed by atoms with E-state index in [9.17, 15) is 4.79 Å². The summed E-state index contributed by atoms with van der Waals surface area (Å²) in [7, 11) is 0. The van der Waals surface area contributed by atoms with Crippen LogP contribution in [0.15, 0.2) is 18.2 Å². The molecule has 0 saturated heterocycles. The number of carbonyl (C=O) groups is 1. The molecule has 2 heterocycles. The number of H-pyrrole nitrogens is 1. The molecule has 100 valence electrons. The topological polar surface area (TPSA) is 70.7 Å². The first-order valence-electron chi connectivity index (χ1n) is 6.30. The van der Waals surface area contributed by atoms with Gasteiger partial charge >= 0.3 is 0 Å². The van der Waals surface area contributed by atoms with Crippen LogP contribution < -0.4 is 5.32 Å². The second kappa shape index (κ2) is 5.65. The van der Waals surface area contributed by atoms with E-state index in [1.807, 2.05) is 32.9 Å². The van der Waals surface area contributed by atoms with Crippen LogP contribution in [0.25, 0.3) is 0 Å². The largest absolute Gasteiger partial charge is 0.311 e. The Balaban J connectivity index is 1.92. The van der Waals surface area contributed by atoms with Gasteiger partial charge < -0.3 is 5.32 Å². The average molecular weight is 258 g/mol. The van der Waals surface area contributed by atoms with E-state index in [0.717, 1.165) is 22.6 Å². The number of nitrogens with one attached hydrogen (secondary N) is 2. The highest BCUT2D eigenvalue weighted by Crippen LogP contribution is 2.12. The number of aromatic amines is 1. The summed E-state index contributed by atoms with van der Waals surface area (Å²) in [5.41, 5.74) is 3.99. The van der Waals surface area contributed by atoms with Crippen molar-refractivity contribution in [2.45, 2.75) is 33.6 Å².